The van der Waals surface area contributed by atoms with Crippen molar-refractivity contribution in [2.45, 2.75) is 72.0 Å². The number of aliphatic hydroxyl groups excluding tert-OH is 1. The van der Waals surface area contributed by atoms with Gasteiger partial charge in [0, 0.05) is 17.8 Å². The number of aliphatic hydroxyl groups is 1. The van der Waals surface area contributed by atoms with Gasteiger partial charge in [-0.15, -0.1) is 0 Å². The summed E-state index contributed by atoms with van der Waals surface area (Å²) in [4.78, 5) is 27.5. The molecule has 0 spiro atoms. The molecule has 1 aliphatic rings. The van der Waals surface area contributed by atoms with Crippen LogP contribution in [0.1, 0.15) is 79.4 Å². The molecule has 1 heterocycles. The van der Waals surface area contributed by atoms with Crippen LogP contribution in [0.2, 0.25) is 0 Å². The molecule has 1 amide bonds. The van der Waals surface area contributed by atoms with Gasteiger partial charge in [-0.05, 0) is 52.0 Å². The van der Waals surface area contributed by atoms with Crippen molar-refractivity contribution in [3.05, 3.63) is 22.5 Å². The summed E-state index contributed by atoms with van der Waals surface area (Å²) >= 11 is 0. The van der Waals surface area contributed by atoms with E-state index in [1.54, 1.807) is 27.7 Å². The third-order valence-corrected chi connectivity index (χ3v) is 5.06. The van der Waals surface area contributed by atoms with Gasteiger partial charge in [0.2, 0.25) is 0 Å². The largest absolute Gasteiger partial charge is 0.448 e. The van der Waals surface area contributed by atoms with Gasteiger partial charge in [0.1, 0.15) is 5.69 Å². The summed E-state index contributed by atoms with van der Waals surface area (Å²) in [6.45, 7) is 7.43. The first-order valence-electron chi connectivity index (χ1n) is 9.17. The van der Waals surface area contributed by atoms with Crippen molar-refractivity contribution in [1.29, 1.82) is 0 Å². The predicted octanol–water partition coefficient (Wildman–Crippen LogP) is 2.93. The van der Waals surface area contributed by atoms with Crippen LogP contribution in [0.25, 0.3) is 0 Å². The van der Waals surface area contributed by atoms with Gasteiger partial charge >= 0.3 is 5.97 Å². The summed E-state index contributed by atoms with van der Waals surface area (Å²) in [7, 11) is 0. The van der Waals surface area contributed by atoms with E-state index in [1.165, 1.54) is 19.3 Å². The monoisotopic (exact) mass is 350 g/mol. The van der Waals surface area contributed by atoms with Crippen molar-refractivity contribution in [2.24, 2.45) is 5.92 Å². The average molecular weight is 350 g/mol. The SMILES string of the molecule is Cc1[nH]c(C(=O)O[C@@H](C)C(=O)NCC2CCCCC2)c(C)c1[C@@H](C)O. The number of ether oxygens (including phenoxy) is 1. The number of H-pyrrole nitrogens is 1. The molecule has 0 bridgehead atoms. The van der Waals surface area contributed by atoms with Gasteiger partial charge in [0.25, 0.3) is 5.91 Å². The number of amides is 1. The molecule has 6 nitrogen and oxygen atoms in total. The van der Waals surface area contributed by atoms with Gasteiger partial charge in [-0.25, -0.2) is 4.79 Å². The molecule has 1 aliphatic carbocycles. The second-order valence-corrected chi connectivity index (χ2v) is 7.14. The van der Waals surface area contributed by atoms with E-state index in [0.29, 0.717) is 29.3 Å². The molecule has 6 heteroatoms. The number of aryl methyl sites for hydroxylation is 1. The summed E-state index contributed by atoms with van der Waals surface area (Å²) in [5, 5.41) is 12.7. The number of hydrogen-bond acceptors (Lipinski definition) is 4. The Hall–Kier alpha value is -1.82. The van der Waals surface area contributed by atoms with E-state index in [-0.39, 0.29) is 5.91 Å². The van der Waals surface area contributed by atoms with Crippen LogP contribution in [-0.2, 0) is 9.53 Å². The van der Waals surface area contributed by atoms with E-state index in [1.807, 2.05) is 0 Å². The molecule has 140 valence electrons. The normalized spacial score (nSPS) is 17.8. The minimum atomic E-state index is -0.853. The van der Waals surface area contributed by atoms with Gasteiger partial charge in [-0.3, -0.25) is 4.79 Å². The summed E-state index contributed by atoms with van der Waals surface area (Å²) in [6, 6.07) is 0. The second kappa shape index (κ2) is 8.52. The molecule has 1 aromatic heterocycles. The molecule has 0 aliphatic heterocycles. The van der Waals surface area contributed by atoms with E-state index < -0.39 is 18.2 Å². The molecule has 0 aromatic carbocycles. The molecule has 2 atom stereocenters. The van der Waals surface area contributed by atoms with Gasteiger partial charge in [0.15, 0.2) is 6.10 Å². The van der Waals surface area contributed by atoms with Crippen molar-refractivity contribution in [2.75, 3.05) is 6.54 Å². The number of carbonyl (C=O) groups is 2. The Balaban J connectivity index is 1.91. The van der Waals surface area contributed by atoms with Crippen molar-refractivity contribution < 1.29 is 19.4 Å². The van der Waals surface area contributed by atoms with Gasteiger partial charge in [-0.1, -0.05) is 19.3 Å². The lowest BCUT2D eigenvalue weighted by Crippen LogP contribution is -2.38. The fourth-order valence-electron chi connectivity index (χ4n) is 3.65. The molecule has 0 saturated heterocycles. The number of aromatic nitrogens is 1. The third kappa shape index (κ3) is 4.84. The maximum Gasteiger partial charge on any atom is 0.355 e. The summed E-state index contributed by atoms with van der Waals surface area (Å²) in [5.74, 6) is -0.314. The maximum absolute atomic E-state index is 12.4. The summed E-state index contributed by atoms with van der Waals surface area (Å²) in [5.41, 5.74) is 2.38. The van der Waals surface area contributed by atoms with E-state index in [2.05, 4.69) is 10.3 Å². The molecule has 2 rings (SSSR count). The zero-order chi connectivity index (χ0) is 18.6. The predicted molar refractivity (Wildman–Crippen MR) is 95.4 cm³/mol. The Bertz CT molecular complexity index is 615. The molecule has 1 saturated carbocycles. The first kappa shape index (κ1) is 19.5. The molecule has 1 fully saturated rings. The van der Waals surface area contributed by atoms with Gasteiger partial charge < -0.3 is 20.1 Å². The lowest BCUT2D eigenvalue weighted by Gasteiger charge is -2.22. The van der Waals surface area contributed by atoms with Gasteiger partial charge in [0.05, 0.1) is 6.10 Å². The minimum Gasteiger partial charge on any atom is -0.448 e. The Labute approximate surface area is 149 Å². The zero-order valence-corrected chi connectivity index (χ0v) is 15.6. The quantitative estimate of drug-likeness (QED) is 0.688. The Kier molecular flexibility index (Phi) is 6.64. The van der Waals surface area contributed by atoms with Crippen LogP contribution in [0.15, 0.2) is 0 Å². The van der Waals surface area contributed by atoms with E-state index in [0.717, 1.165) is 18.5 Å². The Morgan fingerprint density at radius 2 is 1.88 bits per heavy atom. The number of carbonyl (C=O) groups excluding carboxylic acids is 2. The smallest absolute Gasteiger partial charge is 0.355 e. The van der Waals surface area contributed by atoms with Crippen LogP contribution in [0.3, 0.4) is 0 Å². The number of nitrogens with one attached hydrogen (secondary N) is 2. The van der Waals surface area contributed by atoms with Crippen LogP contribution < -0.4 is 5.32 Å². The number of aromatic amines is 1. The fraction of sp³-hybridized carbons (Fsp3) is 0.684. The summed E-state index contributed by atoms with van der Waals surface area (Å²) in [6.07, 6.45) is 4.50. The standard InChI is InChI=1S/C19H30N2O4/c1-11-16(13(3)22)12(2)21-17(11)19(24)25-14(4)18(23)20-10-15-8-6-5-7-9-15/h13-15,21-22H,5-10H2,1-4H3,(H,20,23)/t13-,14+/m1/s1. The van der Waals surface area contributed by atoms with E-state index in [9.17, 15) is 14.7 Å². The third-order valence-electron chi connectivity index (χ3n) is 5.06. The Morgan fingerprint density at radius 1 is 1.24 bits per heavy atom. The average Bonchev–Trinajstić information content (AvgIpc) is 2.88. The second-order valence-electron chi connectivity index (χ2n) is 7.14. The molecular formula is C19H30N2O4. The van der Waals surface area contributed by atoms with Crippen LogP contribution in [-0.4, -0.2) is 34.6 Å². The topological polar surface area (TPSA) is 91.4 Å². The highest BCUT2D eigenvalue weighted by Crippen LogP contribution is 2.25. The van der Waals surface area contributed by atoms with Crippen LogP contribution in [0.4, 0.5) is 0 Å². The van der Waals surface area contributed by atoms with Crippen molar-refractivity contribution in [1.82, 2.24) is 10.3 Å². The van der Waals surface area contributed by atoms with Crippen molar-refractivity contribution in [3.63, 3.8) is 0 Å². The lowest BCUT2D eigenvalue weighted by molar-refractivity contribution is -0.129. The number of hydrogen-bond donors (Lipinski definition) is 3. The number of esters is 1. The molecule has 0 radical (unpaired) electrons. The Morgan fingerprint density at radius 3 is 2.44 bits per heavy atom. The maximum atomic E-state index is 12.4. The molecule has 0 unspecified atom stereocenters. The molecular weight excluding hydrogens is 320 g/mol. The van der Waals surface area contributed by atoms with Crippen LogP contribution in [0, 0.1) is 19.8 Å². The van der Waals surface area contributed by atoms with E-state index >= 15 is 0 Å². The number of rotatable bonds is 6. The van der Waals surface area contributed by atoms with Crippen LogP contribution in [0.5, 0.6) is 0 Å². The van der Waals surface area contributed by atoms with E-state index in [4.69, 9.17) is 4.74 Å². The highest BCUT2D eigenvalue weighted by Gasteiger charge is 2.25. The fourth-order valence-corrected chi connectivity index (χ4v) is 3.65. The zero-order valence-electron chi connectivity index (χ0n) is 15.6. The van der Waals surface area contributed by atoms with Crippen molar-refractivity contribution >= 4 is 11.9 Å². The first-order chi connectivity index (χ1) is 11.8. The molecule has 1 aromatic rings. The highest BCUT2D eigenvalue weighted by molar-refractivity contribution is 5.92. The molecule has 3 N–H and O–H groups in total. The minimum absolute atomic E-state index is 0.268. The van der Waals surface area contributed by atoms with Crippen molar-refractivity contribution in [3.8, 4) is 0 Å². The van der Waals surface area contributed by atoms with Crippen LogP contribution >= 0.6 is 0 Å². The molecule has 25 heavy (non-hydrogen) atoms. The first-order valence-corrected chi connectivity index (χ1v) is 9.17. The van der Waals surface area contributed by atoms with Gasteiger partial charge in [-0.2, -0.15) is 0 Å². The lowest BCUT2D eigenvalue weighted by atomic mass is 9.89. The highest BCUT2D eigenvalue weighted by atomic mass is 16.5. The summed E-state index contributed by atoms with van der Waals surface area (Å²) < 4.78 is 5.30.